The highest BCUT2D eigenvalue weighted by Crippen LogP contribution is 2.21. The van der Waals surface area contributed by atoms with Gasteiger partial charge in [0.1, 0.15) is 22.7 Å². The Morgan fingerprint density at radius 1 is 0.792 bits per heavy atom. The fourth-order valence-electron chi connectivity index (χ4n) is 1.85. The summed E-state index contributed by atoms with van der Waals surface area (Å²) < 4.78 is 5.54. The summed E-state index contributed by atoms with van der Waals surface area (Å²) >= 11 is 11.5. The molecule has 0 unspecified atom stereocenters. The van der Waals surface area contributed by atoms with Gasteiger partial charge in [0.25, 0.3) is 0 Å². The second-order valence-corrected chi connectivity index (χ2v) is 5.64. The van der Waals surface area contributed by atoms with Gasteiger partial charge in [0, 0.05) is 12.1 Å². The number of aliphatic hydroxyl groups is 1. The van der Waals surface area contributed by atoms with Crippen molar-refractivity contribution in [2.24, 2.45) is 0 Å². The molecule has 1 aromatic heterocycles. The summed E-state index contributed by atoms with van der Waals surface area (Å²) in [5.74, 6) is 0.619. The van der Waals surface area contributed by atoms with Crippen molar-refractivity contribution in [3.05, 3.63) is 94.2 Å². The van der Waals surface area contributed by atoms with E-state index in [9.17, 15) is 0 Å². The number of hydrogen-bond acceptors (Lipinski definition) is 3. The molecule has 124 valence electrons. The van der Waals surface area contributed by atoms with Crippen molar-refractivity contribution in [1.82, 2.24) is 4.98 Å². The highest BCUT2D eigenvalue weighted by molar-refractivity contribution is 6.32. The minimum Gasteiger partial charge on any atom is -0.489 e. The van der Waals surface area contributed by atoms with Crippen molar-refractivity contribution >= 4 is 23.2 Å². The van der Waals surface area contributed by atoms with Crippen molar-refractivity contribution in [1.29, 1.82) is 0 Å². The standard InChI is InChI=1S/C12H9Cl2NO.C7H8O/c13-11-6-10(7-12(14)15-11)16-8-9-4-2-1-3-5-9;8-6-7-4-2-1-3-5-7/h1-7H,8H2;1-5,8H,6H2. The quantitative estimate of drug-likeness (QED) is 0.653. The third-order valence-electron chi connectivity index (χ3n) is 3.01. The first-order chi connectivity index (χ1) is 11.7. The van der Waals surface area contributed by atoms with Gasteiger partial charge in [-0.1, -0.05) is 83.9 Å². The lowest BCUT2D eigenvalue weighted by molar-refractivity contribution is 0.282. The van der Waals surface area contributed by atoms with Crippen molar-refractivity contribution < 1.29 is 9.84 Å². The van der Waals surface area contributed by atoms with E-state index >= 15 is 0 Å². The Kier molecular flexibility index (Phi) is 7.56. The minimum atomic E-state index is 0.140. The Morgan fingerprint density at radius 3 is 1.75 bits per heavy atom. The Hall–Kier alpha value is -2.07. The highest BCUT2D eigenvalue weighted by Gasteiger charge is 2.00. The van der Waals surface area contributed by atoms with Crippen LogP contribution in [0.4, 0.5) is 0 Å². The molecule has 1 heterocycles. The zero-order chi connectivity index (χ0) is 17.2. The molecule has 2 aromatic carbocycles. The Morgan fingerprint density at radius 2 is 1.29 bits per heavy atom. The van der Waals surface area contributed by atoms with Crippen LogP contribution in [0.3, 0.4) is 0 Å². The Balaban J connectivity index is 0.000000219. The molecule has 3 aromatic rings. The summed E-state index contributed by atoms with van der Waals surface area (Å²) in [6, 6.07) is 22.7. The van der Waals surface area contributed by atoms with Gasteiger partial charge in [0.15, 0.2) is 0 Å². The fourth-order valence-corrected chi connectivity index (χ4v) is 2.29. The van der Waals surface area contributed by atoms with Crippen LogP contribution in [-0.4, -0.2) is 10.1 Å². The van der Waals surface area contributed by atoms with Crippen LogP contribution in [0, 0.1) is 0 Å². The molecule has 0 fully saturated rings. The van der Waals surface area contributed by atoms with Crippen LogP contribution in [0.2, 0.25) is 10.3 Å². The normalized spacial score (nSPS) is 9.79. The first kappa shape index (κ1) is 18.3. The largest absolute Gasteiger partial charge is 0.489 e. The van der Waals surface area contributed by atoms with Crippen LogP contribution in [-0.2, 0) is 13.2 Å². The van der Waals surface area contributed by atoms with Gasteiger partial charge >= 0.3 is 0 Å². The number of nitrogens with zero attached hydrogens (tertiary/aromatic N) is 1. The Labute approximate surface area is 151 Å². The predicted octanol–water partition coefficient (Wildman–Crippen LogP) is 5.15. The number of rotatable bonds is 4. The summed E-state index contributed by atoms with van der Waals surface area (Å²) in [6.45, 7) is 0.623. The van der Waals surface area contributed by atoms with Gasteiger partial charge in [0.2, 0.25) is 0 Å². The maximum Gasteiger partial charge on any atom is 0.134 e. The third kappa shape index (κ3) is 6.59. The monoisotopic (exact) mass is 361 g/mol. The molecular formula is C19H17Cl2NO2. The second kappa shape index (κ2) is 9.93. The number of pyridine rings is 1. The van der Waals surface area contributed by atoms with Crippen molar-refractivity contribution in [2.75, 3.05) is 0 Å². The summed E-state index contributed by atoms with van der Waals surface area (Å²) in [6.07, 6.45) is 0. The highest BCUT2D eigenvalue weighted by atomic mass is 35.5. The lowest BCUT2D eigenvalue weighted by Gasteiger charge is -2.06. The minimum absolute atomic E-state index is 0.140. The number of hydrogen-bond donors (Lipinski definition) is 1. The van der Waals surface area contributed by atoms with Crippen LogP contribution in [0.15, 0.2) is 72.8 Å². The average Bonchev–Trinajstić information content (AvgIpc) is 2.61. The predicted molar refractivity (Wildman–Crippen MR) is 97.4 cm³/mol. The van der Waals surface area contributed by atoms with Crippen LogP contribution in [0.25, 0.3) is 0 Å². The number of halogens is 2. The molecule has 1 N–H and O–H groups in total. The number of aliphatic hydroxyl groups excluding tert-OH is 1. The van der Waals surface area contributed by atoms with Gasteiger partial charge in [0.05, 0.1) is 6.61 Å². The molecular weight excluding hydrogens is 345 g/mol. The summed E-state index contributed by atoms with van der Waals surface area (Å²) in [4.78, 5) is 3.84. The van der Waals surface area contributed by atoms with E-state index in [-0.39, 0.29) is 6.61 Å². The number of aromatic nitrogens is 1. The third-order valence-corrected chi connectivity index (χ3v) is 3.40. The van der Waals surface area contributed by atoms with Gasteiger partial charge in [-0.25, -0.2) is 4.98 Å². The topological polar surface area (TPSA) is 42.4 Å². The SMILES string of the molecule is Clc1cc(OCc2ccccc2)cc(Cl)n1.OCc1ccccc1. The van der Waals surface area contributed by atoms with Gasteiger partial charge < -0.3 is 9.84 Å². The Bertz CT molecular complexity index is 717. The molecule has 0 aliphatic heterocycles. The number of benzene rings is 2. The summed E-state index contributed by atoms with van der Waals surface area (Å²) in [7, 11) is 0. The van der Waals surface area contributed by atoms with E-state index < -0.39 is 0 Å². The van der Waals surface area contributed by atoms with Gasteiger partial charge in [-0.15, -0.1) is 0 Å². The molecule has 0 aliphatic carbocycles. The van der Waals surface area contributed by atoms with E-state index in [0.717, 1.165) is 11.1 Å². The zero-order valence-electron chi connectivity index (χ0n) is 12.9. The molecule has 24 heavy (non-hydrogen) atoms. The van der Waals surface area contributed by atoms with Crippen LogP contribution >= 0.6 is 23.2 Å². The molecule has 0 bridgehead atoms. The molecule has 0 saturated heterocycles. The lowest BCUT2D eigenvalue weighted by Crippen LogP contribution is -1.95. The average molecular weight is 362 g/mol. The van der Waals surface area contributed by atoms with Crippen LogP contribution < -0.4 is 4.74 Å². The van der Waals surface area contributed by atoms with Gasteiger partial charge in [-0.2, -0.15) is 0 Å². The maximum absolute atomic E-state index is 8.54. The molecule has 0 saturated carbocycles. The van der Waals surface area contributed by atoms with E-state index in [1.807, 2.05) is 60.7 Å². The van der Waals surface area contributed by atoms with E-state index in [1.54, 1.807) is 12.1 Å². The van der Waals surface area contributed by atoms with E-state index in [1.165, 1.54) is 0 Å². The van der Waals surface area contributed by atoms with E-state index in [0.29, 0.717) is 22.7 Å². The lowest BCUT2D eigenvalue weighted by atomic mass is 10.2. The van der Waals surface area contributed by atoms with Crippen molar-refractivity contribution in [3.8, 4) is 5.75 Å². The fraction of sp³-hybridized carbons (Fsp3) is 0.105. The molecule has 5 heteroatoms. The zero-order valence-corrected chi connectivity index (χ0v) is 14.4. The molecule has 3 nitrogen and oxygen atoms in total. The molecule has 0 spiro atoms. The molecule has 0 aliphatic rings. The summed E-state index contributed by atoms with van der Waals surface area (Å²) in [5, 5.41) is 9.20. The van der Waals surface area contributed by atoms with Crippen molar-refractivity contribution in [2.45, 2.75) is 13.2 Å². The first-order valence-corrected chi connectivity index (χ1v) is 8.07. The maximum atomic E-state index is 8.54. The second-order valence-electron chi connectivity index (χ2n) is 4.87. The van der Waals surface area contributed by atoms with Crippen molar-refractivity contribution in [3.63, 3.8) is 0 Å². The van der Waals surface area contributed by atoms with Crippen LogP contribution in [0.1, 0.15) is 11.1 Å². The van der Waals surface area contributed by atoms with E-state index in [4.69, 9.17) is 33.0 Å². The smallest absolute Gasteiger partial charge is 0.134 e. The van der Waals surface area contributed by atoms with Gasteiger partial charge in [-0.3, -0.25) is 0 Å². The molecule has 0 radical (unpaired) electrons. The molecule has 3 rings (SSSR count). The molecule has 0 atom stereocenters. The summed E-state index contributed by atoms with van der Waals surface area (Å²) in [5.41, 5.74) is 2.05. The van der Waals surface area contributed by atoms with Crippen LogP contribution in [0.5, 0.6) is 5.75 Å². The number of ether oxygens (including phenoxy) is 1. The van der Waals surface area contributed by atoms with Gasteiger partial charge in [-0.05, 0) is 11.1 Å². The first-order valence-electron chi connectivity index (χ1n) is 7.32. The molecule has 0 amide bonds. The van der Waals surface area contributed by atoms with E-state index in [2.05, 4.69) is 4.98 Å².